The minimum absolute atomic E-state index is 0.00187. The number of benzene rings is 1. The van der Waals surface area contributed by atoms with Crippen LogP contribution in [0.1, 0.15) is 41.4 Å². The molecule has 0 unspecified atom stereocenters. The zero-order valence-corrected chi connectivity index (χ0v) is 21.4. The van der Waals surface area contributed by atoms with Crippen molar-refractivity contribution in [2.45, 2.75) is 32.2 Å². The molecule has 0 bridgehead atoms. The van der Waals surface area contributed by atoms with Crippen LogP contribution in [0.4, 0.5) is 5.95 Å². The number of methoxy groups -OCH3 is 1. The fourth-order valence-electron chi connectivity index (χ4n) is 4.59. The Labute approximate surface area is 211 Å². The average Bonchev–Trinajstić information content (AvgIpc) is 3.04. The van der Waals surface area contributed by atoms with Crippen LogP contribution in [0.15, 0.2) is 48.7 Å². The Bertz CT molecular complexity index is 1270. The molecule has 1 aliphatic rings. The summed E-state index contributed by atoms with van der Waals surface area (Å²) in [6, 6.07) is 9.03. The van der Waals surface area contributed by atoms with Crippen molar-refractivity contribution in [1.29, 1.82) is 0 Å². The van der Waals surface area contributed by atoms with Gasteiger partial charge in [0.25, 0.3) is 5.91 Å². The summed E-state index contributed by atoms with van der Waals surface area (Å²) in [5.74, 6) is 0.854. The summed E-state index contributed by atoms with van der Waals surface area (Å²) in [4.78, 5) is 39.0. The number of fused-ring (bicyclic) bond motifs is 1. The Morgan fingerprint density at radius 2 is 2.08 bits per heavy atom. The molecule has 9 nitrogen and oxygen atoms in total. The van der Waals surface area contributed by atoms with Crippen LogP contribution in [-0.2, 0) is 4.79 Å². The topological polar surface area (TPSA) is 92.6 Å². The molecule has 0 spiro atoms. The van der Waals surface area contributed by atoms with Crippen LogP contribution in [0.5, 0.6) is 5.75 Å². The maximum absolute atomic E-state index is 13.1. The molecule has 3 aromatic rings. The van der Waals surface area contributed by atoms with Gasteiger partial charge in [-0.2, -0.15) is 0 Å². The van der Waals surface area contributed by atoms with Crippen LogP contribution in [0.25, 0.3) is 11.0 Å². The number of aromatic nitrogens is 3. The maximum atomic E-state index is 13.1. The minimum atomic E-state index is -0.260. The number of para-hydroxylation sites is 1. The third kappa shape index (κ3) is 5.73. The largest absolute Gasteiger partial charge is 0.494 e. The molecule has 1 aliphatic heterocycles. The summed E-state index contributed by atoms with van der Waals surface area (Å²) in [5, 5.41) is 3.01. The number of pyridine rings is 1. The molecule has 3 heterocycles. The first-order valence-corrected chi connectivity index (χ1v) is 12.3. The number of likely N-dealkylation sites (N-methyl/N-ethyl adjacent to an activating group) is 1. The highest BCUT2D eigenvalue weighted by Gasteiger charge is 2.28. The number of anilines is 1. The van der Waals surface area contributed by atoms with Gasteiger partial charge in [-0.3, -0.25) is 19.9 Å². The average molecular weight is 491 g/mol. The summed E-state index contributed by atoms with van der Waals surface area (Å²) in [6.07, 6.45) is 7.90. The predicted octanol–water partition coefficient (Wildman–Crippen LogP) is 3.67. The SMILES string of the molecule is COc1cccc2nc(NC(=O)c3ccnc(C)c3)n([C@@H]3CCCCN(C(=O)C=CCN(C)C)C3)c12. The van der Waals surface area contributed by atoms with Gasteiger partial charge in [0, 0.05) is 43.2 Å². The summed E-state index contributed by atoms with van der Waals surface area (Å²) in [6.45, 7) is 3.77. The van der Waals surface area contributed by atoms with Gasteiger partial charge in [-0.25, -0.2) is 4.98 Å². The summed E-state index contributed by atoms with van der Waals surface area (Å²) in [5.41, 5.74) is 2.81. The number of amides is 2. The Morgan fingerprint density at radius 1 is 1.25 bits per heavy atom. The van der Waals surface area contributed by atoms with E-state index in [-0.39, 0.29) is 17.9 Å². The monoisotopic (exact) mass is 490 g/mol. The van der Waals surface area contributed by atoms with Crippen molar-refractivity contribution >= 4 is 28.8 Å². The Hall–Kier alpha value is -3.72. The zero-order chi connectivity index (χ0) is 25.7. The van der Waals surface area contributed by atoms with Crippen molar-refractivity contribution in [1.82, 2.24) is 24.3 Å². The lowest BCUT2D eigenvalue weighted by atomic mass is 10.1. The predicted molar refractivity (Wildman–Crippen MR) is 140 cm³/mol. The molecule has 9 heteroatoms. The first-order chi connectivity index (χ1) is 17.4. The molecule has 0 aliphatic carbocycles. The molecular formula is C27H34N6O3. The van der Waals surface area contributed by atoms with Gasteiger partial charge in [-0.15, -0.1) is 0 Å². The standard InChI is InChI=1S/C27H34N6O3/c1-19-17-20(13-14-28-19)26(35)30-27-29-22-10-7-11-23(36-4)25(22)33(27)21-9-5-6-16-32(18-21)24(34)12-8-15-31(2)3/h7-8,10-14,17,21H,5-6,9,15-16,18H2,1-4H3,(H,29,30,35)/t21-/m1/s1. The van der Waals surface area contributed by atoms with E-state index >= 15 is 0 Å². The van der Waals surface area contributed by atoms with E-state index in [9.17, 15) is 9.59 Å². The number of ether oxygens (including phenoxy) is 1. The van der Waals surface area contributed by atoms with E-state index in [4.69, 9.17) is 9.72 Å². The van der Waals surface area contributed by atoms with Gasteiger partial charge >= 0.3 is 0 Å². The molecule has 1 aromatic carbocycles. The number of hydrogen-bond donors (Lipinski definition) is 1. The van der Waals surface area contributed by atoms with Crippen LogP contribution in [-0.4, -0.2) is 77.0 Å². The second kappa shape index (κ2) is 11.3. The van der Waals surface area contributed by atoms with E-state index in [1.807, 2.05) is 59.7 Å². The van der Waals surface area contributed by atoms with Crippen LogP contribution in [0, 0.1) is 6.92 Å². The fraction of sp³-hybridized carbons (Fsp3) is 0.407. The number of nitrogens with zero attached hydrogens (tertiary/aromatic N) is 5. The number of imidazole rings is 1. The van der Waals surface area contributed by atoms with E-state index in [0.29, 0.717) is 36.9 Å². The summed E-state index contributed by atoms with van der Waals surface area (Å²) in [7, 11) is 5.57. The number of hydrogen-bond acceptors (Lipinski definition) is 6. The third-order valence-electron chi connectivity index (χ3n) is 6.33. The maximum Gasteiger partial charge on any atom is 0.258 e. The van der Waals surface area contributed by atoms with Gasteiger partial charge in [0.05, 0.1) is 18.7 Å². The lowest BCUT2D eigenvalue weighted by Gasteiger charge is -2.26. The van der Waals surface area contributed by atoms with Crippen molar-refractivity contribution in [2.24, 2.45) is 0 Å². The van der Waals surface area contributed by atoms with Crippen LogP contribution in [0.2, 0.25) is 0 Å². The molecule has 190 valence electrons. The van der Waals surface area contributed by atoms with Crippen molar-refractivity contribution in [3.63, 3.8) is 0 Å². The molecule has 1 saturated heterocycles. The number of carbonyl (C=O) groups excluding carboxylic acids is 2. The van der Waals surface area contributed by atoms with Gasteiger partial charge in [0.15, 0.2) is 0 Å². The molecule has 1 N–H and O–H groups in total. The summed E-state index contributed by atoms with van der Waals surface area (Å²) >= 11 is 0. The Balaban J connectivity index is 1.70. The van der Waals surface area contributed by atoms with Crippen LogP contribution in [0.3, 0.4) is 0 Å². The smallest absolute Gasteiger partial charge is 0.258 e. The lowest BCUT2D eigenvalue weighted by molar-refractivity contribution is -0.126. The molecule has 1 fully saturated rings. The van der Waals surface area contributed by atoms with Gasteiger partial charge in [0.1, 0.15) is 11.3 Å². The highest BCUT2D eigenvalue weighted by atomic mass is 16.5. The van der Waals surface area contributed by atoms with Crippen molar-refractivity contribution in [3.05, 3.63) is 59.9 Å². The van der Waals surface area contributed by atoms with Gasteiger partial charge in [-0.1, -0.05) is 12.1 Å². The van der Waals surface area contributed by atoms with Gasteiger partial charge in [-0.05, 0) is 64.5 Å². The molecule has 0 saturated carbocycles. The Kier molecular flexibility index (Phi) is 8.00. The third-order valence-corrected chi connectivity index (χ3v) is 6.33. The molecular weight excluding hydrogens is 456 g/mol. The molecule has 2 aromatic heterocycles. The summed E-state index contributed by atoms with van der Waals surface area (Å²) < 4.78 is 7.72. The van der Waals surface area contributed by atoms with Crippen molar-refractivity contribution in [2.75, 3.05) is 46.2 Å². The van der Waals surface area contributed by atoms with E-state index in [1.54, 1.807) is 31.5 Å². The molecule has 0 radical (unpaired) electrons. The number of aryl methyl sites for hydroxylation is 1. The first-order valence-electron chi connectivity index (χ1n) is 12.3. The highest BCUT2D eigenvalue weighted by molar-refractivity contribution is 6.04. The molecule has 1 atom stereocenters. The van der Waals surface area contributed by atoms with Gasteiger partial charge < -0.3 is 19.1 Å². The number of rotatable bonds is 7. The normalized spacial score (nSPS) is 16.5. The van der Waals surface area contributed by atoms with Crippen LogP contribution >= 0.6 is 0 Å². The Morgan fingerprint density at radius 3 is 2.83 bits per heavy atom. The highest BCUT2D eigenvalue weighted by Crippen LogP contribution is 2.35. The van der Waals surface area contributed by atoms with Crippen molar-refractivity contribution in [3.8, 4) is 5.75 Å². The molecule has 2 amide bonds. The first kappa shape index (κ1) is 25.4. The fourth-order valence-corrected chi connectivity index (χ4v) is 4.59. The number of likely N-dealkylation sites (tertiary alicyclic amines) is 1. The zero-order valence-electron chi connectivity index (χ0n) is 21.4. The van der Waals surface area contributed by atoms with Crippen LogP contribution < -0.4 is 10.1 Å². The number of nitrogens with one attached hydrogen (secondary N) is 1. The van der Waals surface area contributed by atoms with Crippen molar-refractivity contribution < 1.29 is 14.3 Å². The number of carbonyl (C=O) groups is 2. The van der Waals surface area contributed by atoms with E-state index < -0.39 is 0 Å². The molecule has 36 heavy (non-hydrogen) atoms. The molecule has 4 rings (SSSR count). The van der Waals surface area contributed by atoms with E-state index in [1.165, 1.54) is 0 Å². The lowest BCUT2D eigenvalue weighted by Crippen LogP contribution is -2.34. The van der Waals surface area contributed by atoms with Gasteiger partial charge in [0.2, 0.25) is 11.9 Å². The quantitative estimate of drug-likeness (QED) is 0.508. The van der Waals surface area contributed by atoms with E-state index in [2.05, 4.69) is 10.3 Å². The second-order valence-electron chi connectivity index (χ2n) is 9.37. The van der Waals surface area contributed by atoms with E-state index in [0.717, 1.165) is 36.0 Å². The second-order valence-corrected chi connectivity index (χ2v) is 9.37. The minimum Gasteiger partial charge on any atom is -0.494 e.